The third-order valence-corrected chi connectivity index (χ3v) is 4.98. The number of amides is 2. The molecule has 0 unspecified atom stereocenters. The highest BCUT2D eigenvalue weighted by Crippen LogP contribution is 2.21. The molecule has 0 saturated heterocycles. The van der Waals surface area contributed by atoms with Crippen molar-refractivity contribution in [1.82, 2.24) is 10.2 Å². The number of nitrogens with zero attached hydrogens (tertiary/aromatic N) is 1. The summed E-state index contributed by atoms with van der Waals surface area (Å²) >= 11 is 0. The van der Waals surface area contributed by atoms with Crippen LogP contribution in [-0.4, -0.2) is 41.9 Å². The van der Waals surface area contributed by atoms with Crippen LogP contribution >= 0.6 is 0 Å². The maximum atomic E-state index is 12.6. The molecule has 0 fully saturated rings. The van der Waals surface area contributed by atoms with Gasteiger partial charge in [0.05, 0.1) is 0 Å². The maximum Gasteiger partial charge on any atom is 0.325 e. The van der Waals surface area contributed by atoms with Crippen molar-refractivity contribution in [3.8, 4) is 11.5 Å². The predicted molar refractivity (Wildman–Crippen MR) is 128 cm³/mol. The summed E-state index contributed by atoms with van der Waals surface area (Å²) in [6.07, 6.45) is 0. The molecule has 0 atom stereocenters. The quantitative estimate of drug-likeness (QED) is 0.459. The van der Waals surface area contributed by atoms with Crippen LogP contribution in [0, 0.1) is 0 Å². The lowest BCUT2D eigenvalue weighted by Gasteiger charge is -2.26. The zero-order chi connectivity index (χ0) is 24.3. The molecule has 1 N–H and O–H groups in total. The Bertz CT molecular complexity index is 1080. The smallest absolute Gasteiger partial charge is 0.325 e. The van der Waals surface area contributed by atoms with Gasteiger partial charge in [0.15, 0.2) is 6.61 Å². The van der Waals surface area contributed by atoms with Crippen molar-refractivity contribution in [2.75, 3.05) is 13.2 Å². The van der Waals surface area contributed by atoms with E-state index in [1.54, 1.807) is 29.2 Å². The van der Waals surface area contributed by atoms with E-state index in [1.165, 1.54) is 0 Å². The molecule has 0 bridgehead atoms. The van der Waals surface area contributed by atoms with E-state index in [1.807, 2.05) is 74.5 Å². The van der Waals surface area contributed by atoms with Gasteiger partial charge in [-0.25, -0.2) is 0 Å². The number of esters is 1. The standard InChI is InChI=1S/C27H28N2O5/c1-20(2)29(18-21-9-5-3-6-10-21)25(30)19-33-26(31)17-28-27(32)22-13-15-24(16-14-22)34-23-11-7-4-8-12-23/h3-16,20H,17-19H2,1-2H3,(H,28,32). The van der Waals surface area contributed by atoms with Crippen molar-refractivity contribution < 1.29 is 23.9 Å². The van der Waals surface area contributed by atoms with E-state index in [0.717, 1.165) is 5.56 Å². The molecule has 0 aliphatic carbocycles. The van der Waals surface area contributed by atoms with Crippen LogP contribution in [0.3, 0.4) is 0 Å². The Morgan fingerprint density at radius 3 is 2.03 bits per heavy atom. The molecule has 3 aromatic carbocycles. The minimum atomic E-state index is -0.686. The van der Waals surface area contributed by atoms with Gasteiger partial charge >= 0.3 is 5.97 Å². The third kappa shape index (κ3) is 7.48. The highest BCUT2D eigenvalue weighted by molar-refractivity contribution is 5.96. The molecular weight excluding hydrogens is 432 g/mol. The molecular formula is C27H28N2O5. The van der Waals surface area contributed by atoms with E-state index in [2.05, 4.69) is 5.32 Å². The van der Waals surface area contributed by atoms with Gasteiger partial charge < -0.3 is 19.7 Å². The molecule has 3 aromatic rings. The van der Waals surface area contributed by atoms with Crippen molar-refractivity contribution in [2.45, 2.75) is 26.4 Å². The topological polar surface area (TPSA) is 84.9 Å². The first kappa shape index (κ1) is 24.5. The van der Waals surface area contributed by atoms with Gasteiger partial charge in [0, 0.05) is 18.2 Å². The summed E-state index contributed by atoms with van der Waals surface area (Å²) in [5.74, 6) is -0.133. The number of carbonyl (C=O) groups excluding carboxylic acids is 3. The minimum Gasteiger partial charge on any atom is -0.457 e. The zero-order valence-electron chi connectivity index (χ0n) is 19.3. The second-order valence-corrected chi connectivity index (χ2v) is 7.88. The number of hydrogen-bond acceptors (Lipinski definition) is 5. The van der Waals surface area contributed by atoms with E-state index in [9.17, 15) is 14.4 Å². The van der Waals surface area contributed by atoms with Gasteiger partial charge in [0.1, 0.15) is 18.0 Å². The van der Waals surface area contributed by atoms with E-state index in [0.29, 0.717) is 23.6 Å². The van der Waals surface area contributed by atoms with Crippen molar-refractivity contribution >= 4 is 17.8 Å². The average Bonchev–Trinajstić information content (AvgIpc) is 2.86. The minimum absolute atomic E-state index is 0.0556. The summed E-state index contributed by atoms with van der Waals surface area (Å²) in [5, 5.41) is 2.50. The number of carbonyl (C=O) groups is 3. The number of nitrogens with one attached hydrogen (secondary N) is 1. The molecule has 176 valence electrons. The van der Waals surface area contributed by atoms with Crippen molar-refractivity contribution in [1.29, 1.82) is 0 Å². The lowest BCUT2D eigenvalue weighted by molar-refractivity contribution is -0.152. The third-order valence-electron chi connectivity index (χ3n) is 4.98. The number of para-hydroxylation sites is 1. The molecule has 34 heavy (non-hydrogen) atoms. The van der Waals surface area contributed by atoms with Crippen LogP contribution in [0.15, 0.2) is 84.9 Å². The van der Waals surface area contributed by atoms with Crippen LogP contribution in [-0.2, 0) is 20.9 Å². The fraction of sp³-hybridized carbons (Fsp3) is 0.222. The number of hydrogen-bond donors (Lipinski definition) is 1. The fourth-order valence-corrected chi connectivity index (χ4v) is 3.17. The Morgan fingerprint density at radius 2 is 1.41 bits per heavy atom. The van der Waals surface area contributed by atoms with Gasteiger partial charge in [-0.15, -0.1) is 0 Å². The molecule has 0 aromatic heterocycles. The van der Waals surface area contributed by atoms with Gasteiger partial charge in [-0.05, 0) is 55.8 Å². The fourth-order valence-electron chi connectivity index (χ4n) is 3.17. The van der Waals surface area contributed by atoms with Gasteiger partial charge in [-0.1, -0.05) is 48.5 Å². The number of benzene rings is 3. The van der Waals surface area contributed by atoms with E-state index in [4.69, 9.17) is 9.47 Å². The molecule has 0 spiro atoms. The molecule has 3 rings (SSSR count). The van der Waals surface area contributed by atoms with E-state index in [-0.39, 0.29) is 25.1 Å². The van der Waals surface area contributed by atoms with Crippen LogP contribution < -0.4 is 10.1 Å². The van der Waals surface area contributed by atoms with Gasteiger partial charge in [0.25, 0.3) is 11.8 Å². The summed E-state index contributed by atoms with van der Waals surface area (Å²) in [6.45, 7) is 3.51. The molecule has 7 nitrogen and oxygen atoms in total. The summed E-state index contributed by atoms with van der Waals surface area (Å²) in [4.78, 5) is 38.6. The zero-order valence-corrected chi connectivity index (χ0v) is 19.3. The molecule has 0 saturated carbocycles. The Kier molecular flexibility index (Phi) is 8.80. The normalized spacial score (nSPS) is 10.4. The summed E-state index contributed by atoms with van der Waals surface area (Å²) in [5.41, 5.74) is 1.36. The molecule has 0 aliphatic heterocycles. The number of rotatable bonds is 10. The lowest BCUT2D eigenvalue weighted by atomic mass is 10.2. The lowest BCUT2D eigenvalue weighted by Crippen LogP contribution is -2.40. The predicted octanol–water partition coefficient (Wildman–Crippen LogP) is 4.19. The Morgan fingerprint density at radius 1 is 0.824 bits per heavy atom. The molecule has 7 heteroatoms. The molecule has 0 heterocycles. The van der Waals surface area contributed by atoms with Gasteiger partial charge in [-0.3, -0.25) is 14.4 Å². The SMILES string of the molecule is CC(C)N(Cc1ccccc1)C(=O)COC(=O)CNC(=O)c1ccc(Oc2ccccc2)cc1. The second kappa shape index (κ2) is 12.2. The molecule has 2 amide bonds. The van der Waals surface area contributed by atoms with Crippen LogP contribution in [0.5, 0.6) is 11.5 Å². The summed E-state index contributed by atoms with van der Waals surface area (Å²) in [6, 6.07) is 25.4. The Hall–Kier alpha value is -4.13. The second-order valence-electron chi connectivity index (χ2n) is 7.88. The first-order chi connectivity index (χ1) is 16.4. The van der Waals surface area contributed by atoms with E-state index >= 15 is 0 Å². The summed E-state index contributed by atoms with van der Waals surface area (Å²) in [7, 11) is 0. The van der Waals surface area contributed by atoms with Crippen LogP contribution in [0.4, 0.5) is 0 Å². The van der Waals surface area contributed by atoms with Crippen LogP contribution in [0.25, 0.3) is 0 Å². The highest BCUT2D eigenvalue weighted by atomic mass is 16.5. The first-order valence-corrected chi connectivity index (χ1v) is 11.0. The van der Waals surface area contributed by atoms with Crippen LogP contribution in [0.2, 0.25) is 0 Å². The van der Waals surface area contributed by atoms with Gasteiger partial charge in [-0.2, -0.15) is 0 Å². The van der Waals surface area contributed by atoms with Crippen LogP contribution in [0.1, 0.15) is 29.8 Å². The summed E-state index contributed by atoms with van der Waals surface area (Å²) < 4.78 is 10.8. The highest BCUT2D eigenvalue weighted by Gasteiger charge is 2.19. The van der Waals surface area contributed by atoms with Gasteiger partial charge in [0.2, 0.25) is 0 Å². The van der Waals surface area contributed by atoms with Crippen molar-refractivity contribution in [3.05, 3.63) is 96.1 Å². The Labute approximate surface area is 199 Å². The monoisotopic (exact) mass is 460 g/mol. The van der Waals surface area contributed by atoms with E-state index < -0.39 is 11.9 Å². The van der Waals surface area contributed by atoms with Crippen molar-refractivity contribution in [3.63, 3.8) is 0 Å². The largest absolute Gasteiger partial charge is 0.457 e. The number of ether oxygens (including phenoxy) is 2. The van der Waals surface area contributed by atoms with Crippen molar-refractivity contribution in [2.24, 2.45) is 0 Å². The first-order valence-electron chi connectivity index (χ1n) is 11.0. The molecule has 0 aliphatic rings. The molecule has 0 radical (unpaired) electrons. The maximum absolute atomic E-state index is 12.6. The Balaban J connectivity index is 1.44. The average molecular weight is 461 g/mol.